The van der Waals surface area contributed by atoms with E-state index >= 15 is 0 Å². The van der Waals surface area contributed by atoms with Gasteiger partial charge in [-0.25, -0.2) is 8.78 Å². The molecule has 94 valence electrons. The molecule has 0 radical (unpaired) electrons. The van der Waals surface area contributed by atoms with Crippen molar-refractivity contribution in [1.29, 1.82) is 0 Å². The number of hydrogen-bond acceptors (Lipinski definition) is 2. The summed E-state index contributed by atoms with van der Waals surface area (Å²) >= 11 is 0. The molecule has 4 heteroatoms. The first-order valence-corrected chi connectivity index (χ1v) is 5.95. The Balaban J connectivity index is 2.21. The summed E-state index contributed by atoms with van der Waals surface area (Å²) in [5.74, 6) is -0.556. The van der Waals surface area contributed by atoms with Crippen LogP contribution in [0.4, 0.5) is 8.78 Å². The van der Waals surface area contributed by atoms with Gasteiger partial charge in [0.15, 0.2) is 0 Å². The quantitative estimate of drug-likeness (QED) is 0.860. The first kappa shape index (κ1) is 12.5. The largest absolute Gasteiger partial charge is 0.376 e. The molecule has 2 N–H and O–H groups in total. The lowest BCUT2D eigenvalue weighted by Gasteiger charge is -2.24. The van der Waals surface area contributed by atoms with Crippen molar-refractivity contribution in [3.8, 4) is 0 Å². The monoisotopic (exact) mass is 241 g/mol. The maximum absolute atomic E-state index is 13.6. The summed E-state index contributed by atoms with van der Waals surface area (Å²) in [6, 6.07) is 2.77. The molecule has 0 heterocycles. The van der Waals surface area contributed by atoms with E-state index in [1.165, 1.54) is 0 Å². The highest BCUT2D eigenvalue weighted by Crippen LogP contribution is 2.39. The van der Waals surface area contributed by atoms with Gasteiger partial charge in [0, 0.05) is 12.2 Å². The molecular formula is C13H17F2NO. The fourth-order valence-corrected chi connectivity index (χ4v) is 2.10. The van der Waals surface area contributed by atoms with Crippen LogP contribution in [0.3, 0.4) is 0 Å². The van der Waals surface area contributed by atoms with Crippen LogP contribution < -0.4 is 5.73 Å². The lowest BCUT2D eigenvalue weighted by Crippen LogP contribution is -2.31. The molecule has 0 aliphatic heterocycles. The molecule has 1 fully saturated rings. The molecule has 0 bridgehead atoms. The average Bonchev–Trinajstić information content (AvgIpc) is 3.12. The highest BCUT2D eigenvalue weighted by molar-refractivity contribution is 5.23. The van der Waals surface area contributed by atoms with Crippen LogP contribution in [-0.4, -0.2) is 12.7 Å². The van der Waals surface area contributed by atoms with E-state index in [-0.39, 0.29) is 11.7 Å². The van der Waals surface area contributed by atoms with Crippen LogP contribution in [0.5, 0.6) is 0 Å². The molecule has 0 saturated heterocycles. The smallest absolute Gasteiger partial charge is 0.128 e. The fraction of sp³-hybridized carbons (Fsp3) is 0.538. The third kappa shape index (κ3) is 2.82. The highest BCUT2D eigenvalue weighted by atomic mass is 19.1. The standard InChI is InChI=1S/C13H17F2NO/c1-2-17-13(8-3-4-8)12(16)10-7-9(14)5-6-11(10)15/h5-8,12-13H,2-4,16H2,1H3. The summed E-state index contributed by atoms with van der Waals surface area (Å²) in [7, 11) is 0. The van der Waals surface area contributed by atoms with E-state index in [1.807, 2.05) is 6.92 Å². The molecule has 2 rings (SSSR count). The van der Waals surface area contributed by atoms with Crippen molar-refractivity contribution >= 4 is 0 Å². The van der Waals surface area contributed by atoms with E-state index in [9.17, 15) is 8.78 Å². The lowest BCUT2D eigenvalue weighted by molar-refractivity contribution is 0.0274. The van der Waals surface area contributed by atoms with Crippen molar-refractivity contribution in [1.82, 2.24) is 0 Å². The molecule has 0 spiro atoms. The Kier molecular flexibility index (Phi) is 3.74. The van der Waals surface area contributed by atoms with Crippen LogP contribution in [-0.2, 0) is 4.74 Å². The Labute approximate surface area is 99.8 Å². The third-order valence-electron chi connectivity index (χ3n) is 3.12. The van der Waals surface area contributed by atoms with Gasteiger partial charge in [-0.05, 0) is 43.9 Å². The average molecular weight is 241 g/mol. The van der Waals surface area contributed by atoms with Gasteiger partial charge >= 0.3 is 0 Å². The van der Waals surface area contributed by atoms with E-state index in [1.54, 1.807) is 0 Å². The Bertz CT molecular complexity index is 393. The van der Waals surface area contributed by atoms with Crippen LogP contribution in [0, 0.1) is 17.6 Å². The van der Waals surface area contributed by atoms with E-state index in [0.29, 0.717) is 12.5 Å². The summed E-state index contributed by atoms with van der Waals surface area (Å²) in [6.45, 7) is 2.41. The van der Waals surface area contributed by atoms with Crippen molar-refractivity contribution in [3.05, 3.63) is 35.4 Å². The summed E-state index contributed by atoms with van der Waals surface area (Å²) < 4.78 is 32.3. The molecule has 1 aliphatic rings. The minimum atomic E-state index is -0.599. The topological polar surface area (TPSA) is 35.2 Å². The summed E-state index contributed by atoms with van der Waals surface area (Å²) in [5, 5.41) is 0. The molecule has 17 heavy (non-hydrogen) atoms. The van der Waals surface area contributed by atoms with Gasteiger partial charge in [0.1, 0.15) is 11.6 Å². The molecule has 0 amide bonds. The minimum Gasteiger partial charge on any atom is -0.376 e. The van der Waals surface area contributed by atoms with Gasteiger partial charge in [-0.3, -0.25) is 0 Å². The Morgan fingerprint density at radius 2 is 2.12 bits per heavy atom. The van der Waals surface area contributed by atoms with Gasteiger partial charge in [-0.2, -0.15) is 0 Å². The number of nitrogens with two attached hydrogens (primary N) is 1. The van der Waals surface area contributed by atoms with Gasteiger partial charge in [-0.15, -0.1) is 0 Å². The summed E-state index contributed by atoms with van der Waals surface area (Å²) in [5.41, 5.74) is 6.21. The van der Waals surface area contributed by atoms with Gasteiger partial charge in [0.2, 0.25) is 0 Å². The predicted molar refractivity (Wildman–Crippen MR) is 61.4 cm³/mol. The second kappa shape index (κ2) is 5.10. The number of hydrogen-bond donors (Lipinski definition) is 1. The van der Waals surface area contributed by atoms with Crippen molar-refractivity contribution in [2.24, 2.45) is 11.7 Å². The zero-order valence-corrected chi connectivity index (χ0v) is 9.83. The lowest BCUT2D eigenvalue weighted by atomic mass is 9.98. The number of rotatable bonds is 5. The first-order chi connectivity index (χ1) is 8.13. The molecule has 2 nitrogen and oxygen atoms in total. The maximum atomic E-state index is 13.6. The summed E-state index contributed by atoms with van der Waals surface area (Å²) in [4.78, 5) is 0. The van der Waals surface area contributed by atoms with Crippen molar-refractivity contribution in [2.45, 2.75) is 31.9 Å². The molecule has 0 aromatic heterocycles. The Morgan fingerprint density at radius 3 is 2.71 bits per heavy atom. The molecule has 1 aromatic carbocycles. The van der Waals surface area contributed by atoms with E-state index < -0.39 is 17.7 Å². The molecule has 1 saturated carbocycles. The fourth-order valence-electron chi connectivity index (χ4n) is 2.10. The Hall–Kier alpha value is -1.00. The SMILES string of the molecule is CCOC(C1CC1)C(N)c1cc(F)ccc1F. The van der Waals surface area contributed by atoms with Crippen LogP contribution in [0.2, 0.25) is 0 Å². The number of halogens is 2. The van der Waals surface area contributed by atoms with Gasteiger partial charge in [0.25, 0.3) is 0 Å². The predicted octanol–water partition coefficient (Wildman–Crippen LogP) is 2.78. The van der Waals surface area contributed by atoms with E-state index in [4.69, 9.17) is 10.5 Å². The second-order valence-corrected chi connectivity index (χ2v) is 4.45. The normalized spacial score (nSPS) is 19.1. The van der Waals surface area contributed by atoms with Crippen LogP contribution in [0.25, 0.3) is 0 Å². The van der Waals surface area contributed by atoms with Crippen LogP contribution in [0.15, 0.2) is 18.2 Å². The molecular weight excluding hydrogens is 224 g/mol. The van der Waals surface area contributed by atoms with Gasteiger partial charge < -0.3 is 10.5 Å². The highest BCUT2D eigenvalue weighted by Gasteiger charge is 2.37. The van der Waals surface area contributed by atoms with Gasteiger partial charge in [0.05, 0.1) is 12.1 Å². The van der Waals surface area contributed by atoms with Crippen molar-refractivity contribution in [2.75, 3.05) is 6.61 Å². The number of ether oxygens (including phenoxy) is 1. The summed E-state index contributed by atoms with van der Waals surface area (Å²) in [6.07, 6.45) is 1.89. The molecule has 1 aliphatic carbocycles. The zero-order chi connectivity index (χ0) is 12.4. The molecule has 2 unspecified atom stereocenters. The second-order valence-electron chi connectivity index (χ2n) is 4.45. The third-order valence-corrected chi connectivity index (χ3v) is 3.12. The van der Waals surface area contributed by atoms with Crippen molar-refractivity contribution < 1.29 is 13.5 Å². The molecule has 1 aromatic rings. The number of benzene rings is 1. The van der Waals surface area contributed by atoms with Crippen LogP contribution in [0.1, 0.15) is 31.4 Å². The van der Waals surface area contributed by atoms with E-state index in [0.717, 1.165) is 31.0 Å². The molecule has 2 atom stereocenters. The minimum absolute atomic E-state index is 0.204. The first-order valence-electron chi connectivity index (χ1n) is 5.95. The van der Waals surface area contributed by atoms with Crippen LogP contribution >= 0.6 is 0 Å². The zero-order valence-electron chi connectivity index (χ0n) is 9.83. The maximum Gasteiger partial charge on any atom is 0.128 e. The van der Waals surface area contributed by atoms with Gasteiger partial charge in [-0.1, -0.05) is 0 Å². The van der Waals surface area contributed by atoms with Crippen molar-refractivity contribution in [3.63, 3.8) is 0 Å². The Morgan fingerprint density at radius 1 is 1.41 bits per heavy atom. The van der Waals surface area contributed by atoms with E-state index in [2.05, 4.69) is 0 Å².